The third-order valence-electron chi connectivity index (χ3n) is 1.67. The molecule has 0 aliphatic rings. The van der Waals surface area contributed by atoms with Crippen LogP contribution >= 0.6 is 49.9 Å². The van der Waals surface area contributed by atoms with E-state index in [0.717, 1.165) is 21.0 Å². The van der Waals surface area contributed by atoms with Gasteiger partial charge in [-0.2, -0.15) is 0 Å². The van der Waals surface area contributed by atoms with Crippen molar-refractivity contribution in [1.29, 1.82) is 0 Å². The van der Waals surface area contributed by atoms with Crippen molar-refractivity contribution in [2.45, 2.75) is 0 Å². The molecule has 0 saturated heterocycles. The minimum Gasteiger partial charge on any atom is -0.297 e. The maximum absolute atomic E-state index is 10.6. The van der Waals surface area contributed by atoms with Crippen LogP contribution in [0.25, 0.3) is 10.1 Å². The lowest BCUT2D eigenvalue weighted by Gasteiger charge is -1.94. The zero-order chi connectivity index (χ0) is 9.42. The molecule has 0 radical (unpaired) electrons. The summed E-state index contributed by atoms with van der Waals surface area (Å²) in [5.74, 6) is 0. The summed E-state index contributed by atoms with van der Waals surface area (Å²) in [5, 5.41) is 1.13. The van der Waals surface area contributed by atoms with E-state index in [9.17, 15) is 4.79 Å². The van der Waals surface area contributed by atoms with Crippen LogP contribution in [0.1, 0.15) is 9.67 Å². The number of aldehydes is 1. The van der Waals surface area contributed by atoms with E-state index in [1.54, 1.807) is 0 Å². The third kappa shape index (κ3) is 1.80. The Morgan fingerprint density at radius 2 is 2.15 bits per heavy atom. The molecule has 0 fully saturated rings. The quantitative estimate of drug-likeness (QED) is 0.549. The summed E-state index contributed by atoms with van der Waals surface area (Å²) < 4.78 is 3.42. The van der Waals surface area contributed by atoms with Gasteiger partial charge < -0.3 is 0 Å². The standard InChI is InChI=1S/C9H4BrIOS/c10-6-1-5-2-7(4-12)13-9(5)8(11)3-6/h1-4H. The molecule has 2 aromatic rings. The van der Waals surface area contributed by atoms with Gasteiger partial charge in [0.1, 0.15) is 0 Å². The van der Waals surface area contributed by atoms with Crippen molar-refractivity contribution in [3.63, 3.8) is 0 Å². The molecule has 4 heteroatoms. The fourth-order valence-electron chi connectivity index (χ4n) is 1.15. The van der Waals surface area contributed by atoms with Crippen LogP contribution in [-0.2, 0) is 0 Å². The monoisotopic (exact) mass is 366 g/mol. The van der Waals surface area contributed by atoms with E-state index in [-0.39, 0.29) is 0 Å². The largest absolute Gasteiger partial charge is 0.297 e. The molecule has 0 aliphatic carbocycles. The van der Waals surface area contributed by atoms with Crippen molar-refractivity contribution in [3.8, 4) is 0 Å². The Labute approximate surface area is 101 Å². The Hall–Kier alpha value is 0.0600. The first-order chi connectivity index (χ1) is 6.20. The second-order valence-corrected chi connectivity index (χ2v) is 5.73. The summed E-state index contributed by atoms with van der Waals surface area (Å²) in [7, 11) is 0. The third-order valence-corrected chi connectivity index (χ3v) is 4.46. The molecular formula is C9H4BrIOS. The van der Waals surface area contributed by atoms with Gasteiger partial charge in [0.2, 0.25) is 0 Å². The highest BCUT2D eigenvalue weighted by molar-refractivity contribution is 14.1. The molecule has 0 unspecified atom stereocenters. The summed E-state index contributed by atoms with van der Waals surface area (Å²) in [6.45, 7) is 0. The number of carbonyl (C=O) groups is 1. The lowest BCUT2D eigenvalue weighted by molar-refractivity contribution is 0.112. The summed E-state index contributed by atoms with van der Waals surface area (Å²) in [5.41, 5.74) is 0. The summed E-state index contributed by atoms with van der Waals surface area (Å²) in [6.07, 6.45) is 0.897. The van der Waals surface area contributed by atoms with Gasteiger partial charge in [-0.1, -0.05) is 15.9 Å². The highest BCUT2D eigenvalue weighted by Gasteiger charge is 2.05. The minimum atomic E-state index is 0.783. The second kappa shape index (κ2) is 3.67. The number of hydrogen-bond acceptors (Lipinski definition) is 2. The predicted octanol–water partition coefficient (Wildman–Crippen LogP) is 4.08. The van der Waals surface area contributed by atoms with Crippen molar-refractivity contribution >= 4 is 66.2 Å². The average Bonchev–Trinajstić information content (AvgIpc) is 2.47. The van der Waals surface area contributed by atoms with Gasteiger partial charge in [-0.25, -0.2) is 0 Å². The summed E-state index contributed by atoms with van der Waals surface area (Å²) in [4.78, 5) is 11.4. The lowest BCUT2D eigenvalue weighted by atomic mass is 10.2. The van der Waals surface area contributed by atoms with Gasteiger partial charge in [0, 0.05) is 12.7 Å². The van der Waals surface area contributed by atoms with Crippen LogP contribution in [-0.4, -0.2) is 6.29 Å². The van der Waals surface area contributed by atoms with E-state index in [2.05, 4.69) is 38.5 Å². The topological polar surface area (TPSA) is 17.1 Å². The van der Waals surface area contributed by atoms with Crippen LogP contribution in [0, 0.1) is 3.57 Å². The van der Waals surface area contributed by atoms with Crippen LogP contribution in [0.4, 0.5) is 0 Å². The first kappa shape index (κ1) is 9.61. The fourth-order valence-corrected chi connectivity index (χ4v) is 3.90. The molecule has 13 heavy (non-hydrogen) atoms. The van der Waals surface area contributed by atoms with Gasteiger partial charge in [0.15, 0.2) is 6.29 Å². The molecule has 0 saturated carbocycles. The predicted molar refractivity (Wildman–Crippen MR) is 67.6 cm³/mol. The number of thiophene rings is 1. The molecular weight excluding hydrogens is 363 g/mol. The first-order valence-electron chi connectivity index (χ1n) is 3.54. The molecule has 0 amide bonds. The Balaban J connectivity index is 2.82. The van der Waals surface area contributed by atoms with Crippen LogP contribution in [0.3, 0.4) is 0 Å². The maximum Gasteiger partial charge on any atom is 0.160 e. The van der Waals surface area contributed by atoms with Crippen molar-refractivity contribution in [2.24, 2.45) is 0 Å². The first-order valence-corrected chi connectivity index (χ1v) is 6.23. The van der Waals surface area contributed by atoms with Crippen molar-refractivity contribution in [3.05, 3.63) is 31.1 Å². The zero-order valence-electron chi connectivity index (χ0n) is 6.38. The van der Waals surface area contributed by atoms with E-state index >= 15 is 0 Å². The van der Waals surface area contributed by atoms with Gasteiger partial charge in [-0.05, 0) is 46.2 Å². The smallest absolute Gasteiger partial charge is 0.160 e. The van der Waals surface area contributed by atoms with Crippen LogP contribution in [0.15, 0.2) is 22.7 Å². The summed E-state index contributed by atoms with van der Waals surface area (Å²) >= 11 is 7.24. The SMILES string of the molecule is O=Cc1cc2cc(Br)cc(I)c2s1. The van der Waals surface area contributed by atoms with E-state index in [1.165, 1.54) is 19.6 Å². The van der Waals surface area contributed by atoms with Gasteiger partial charge in [0.25, 0.3) is 0 Å². The average molecular weight is 367 g/mol. The molecule has 0 N–H and O–H groups in total. The number of fused-ring (bicyclic) bond motifs is 1. The minimum absolute atomic E-state index is 0.783. The molecule has 1 heterocycles. The van der Waals surface area contributed by atoms with Crippen molar-refractivity contribution < 1.29 is 4.79 Å². The molecule has 66 valence electrons. The zero-order valence-corrected chi connectivity index (χ0v) is 10.9. The normalized spacial score (nSPS) is 10.6. The number of halogens is 2. The maximum atomic E-state index is 10.6. The highest BCUT2D eigenvalue weighted by Crippen LogP contribution is 2.31. The molecule has 0 aliphatic heterocycles. The van der Waals surface area contributed by atoms with Crippen LogP contribution < -0.4 is 0 Å². The number of carbonyl (C=O) groups excluding carboxylic acids is 1. The molecule has 0 atom stereocenters. The Kier molecular flexibility index (Phi) is 2.71. The Morgan fingerprint density at radius 3 is 2.85 bits per heavy atom. The molecule has 1 nitrogen and oxygen atoms in total. The Bertz CT molecular complexity index is 478. The van der Waals surface area contributed by atoms with Gasteiger partial charge in [-0.15, -0.1) is 11.3 Å². The highest BCUT2D eigenvalue weighted by atomic mass is 127. The van der Waals surface area contributed by atoms with E-state index in [1.807, 2.05) is 18.2 Å². The number of rotatable bonds is 1. The van der Waals surface area contributed by atoms with Gasteiger partial charge in [0.05, 0.1) is 4.88 Å². The molecule has 2 rings (SSSR count). The molecule has 0 spiro atoms. The van der Waals surface area contributed by atoms with E-state index < -0.39 is 0 Å². The van der Waals surface area contributed by atoms with Gasteiger partial charge in [-0.3, -0.25) is 4.79 Å². The van der Waals surface area contributed by atoms with E-state index in [0.29, 0.717) is 0 Å². The van der Waals surface area contributed by atoms with Crippen molar-refractivity contribution in [2.75, 3.05) is 0 Å². The molecule has 0 bridgehead atoms. The van der Waals surface area contributed by atoms with Crippen LogP contribution in [0.2, 0.25) is 0 Å². The fraction of sp³-hybridized carbons (Fsp3) is 0. The van der Waals surface area contributed by atoms with Crippen molar-refractivity contribution in [1.82, 2.24) is 0 Å². The number of hydrogen-bond donors (Lipinski definition) is 0. The summed E-state index contributed by atoms with van der Waals surface area (Å²) in [6, 6.07) is 5.99. The molecule has 1 aromatic carbocycles. The van der Waals surface area contributed by atoms with Crippen LogP contribution in [0.5, 0.6) is 0 Å². The lowest BCUT2D eigenvalue weighted by Crippen LogP contribution is -1.70. The van der Waals surface area contributed by atoms with Gasteiger partial charge >= 0.3 is 0 Å². The second-order valence-electron chi connectivity index (χ2n) is 2.57. The van der Waals surface area contributed by atoms with E-state index in [4.69, 9.17) is 0 Å². The number of benzene rings is 1. The Morgan fingerprint density at radius 1 is 1.38 bits per heavy atom. The molecule has 1 aromatic heterocycles.